The normalized spacial score (nSPS) is 13.9. The number of hydrogen-bond acceptors (Lipinski definition) is 4. The molecule has 1 aromatic carbocycles. The Kier molecular flexibility index (Phi) is 7.05. The second-order valence-electron chi connectivity index (χ2n) is 6.38. The van der Waals surface area contributed by atoms with E-state index in [1.807, 2.05) is 30.3 Å². The van der Waals surface area contributed by atoms with Crippen molar-refractivity contribution in [3.05, 3.63) is 66.0 Å². The lowest BCUT2D eigenvalue weighted by molar-refractivity contribution is -0.142. The molecule has 0 radical (unpaired) electrons. The highest BCUT2D eigenvalue weighted by Crippen LogP contribution is 2.08. The van der Waals surface area contributed by atoms with Crippen LogP contribution >= 0.6 is 0 Å². The lowest BCUT2D eigenvalue weighted by Gasteiger charge is -2.23. The van der Waals surface area contributed by atoms with E-state index < -0.39 is 35.8 Å². The fraction of sp³-hybridized carbons (Fsp3) is 0.300. The number of pyridine rings is 1. The summed E-state index contributed by atoms with van der Waals surface area (Å²) in [7, 11) is 0. The summed E-state index contributed by atoms with van der Waals surface area (Å²) in [5, 5.41) is 14.5. The van der Waals surface area contributed by atoms with Gasteiger partial charge in [-0.05, 0) is 31.5 Å². The third-order valence-corrected chi connectivity index (χ3v) is 4.34. The number of nitrogens with zero attached hydrogens (tertiary/aromatic N) is 1. The first-order valence-corrected chi connectivity index (χ1v) is 8.66. The van der Waals surface area contributed by atoms with Gasteiger partial charge in [-0.1, -0.05) is 30.3 Å². The van der Waals surface area contributed by atoms with Crippen LogP contribution < -0.4 is 10.6 Å². The molecule has 0 aliphatic carbocycles. The SMILES string of the molecule is CC(NC(=O)C(Cc1ccccc1)NC(=O)c1cccnc1)C(C)C(=O)O. The van der Waals surface area contributed by atoms with Crippen molar-refractivity contribution in [3.8, 4) is 0 Å². The highest BCUT2D eigenvalue weighted by molar-refractivity contribution is 5.97. The van der Waals surface area contributed by atoms with Gasteiger partial charge in [-0.2, -0.15) is 0 Å². The Morgan fingerprint density at radius 1 is 1.04 bits per heavy atom. The molecule has 1 aromatic heterocycles. The van der Waals surface area contributed by atoms with Crippen molar-refractivity contribution in [1.82, 2.24) is 15.6 Å². The fourth-order valence-corrected chi connectivity index (χ4v) is 2.46. The molecule has 0 saturated heterocycles. The van der Waals surface area contributed by atoms with Gasteiger partial charge in [-0.25, -0.2) is 0 Å². The fourth-order valence-electron chi connectivity index (χ4n) is 2.46. The average Bonchev–Trinajstić information content (AvgIpc) is 2.68. The van der Waals surface area contributed by atoms with E-state index in [2.05, 4.69) is 15.6 Å². The molecule has 0 fully saturated rings. The van der Waals surface area contributed by atoms with E-state index in [0.29, 0.717) is 5.56 Å². The number of rotatable bonds is 8. The summed E-state index contributed by atoms with van der Waals surface area (Å²) in [5.74, 6) is -2.60. The van der Waals surface area contributed by atoms with Gasteiger partial charge in [0.25, 0.3) is 5.91 Å². The Balaban J connectivity index is 2.14. The number of nitrogens with one attached hydrogen (secondary N) is 2. The molecule has 7 heteroatoms. The molecule has 0 aliphatic heterocycles. The van der Waals surface area contributed by atoms with Gasteiger partial charge in [0.2, 0.25) is 5.91 Å². The molecule has 142 valence electrons. The molecular formula is C20H23N3O4. The molecule has 2 aromatic rings. The molecule has 0 saturated carbocycles. The van der Waals surface area contributed by atoms with Gasteiger partial charge < -0.3 is 15.7 Å². The maximum absolute atomic E-state index is 12.7. The van der Waals surface area contributed by atoms with Crippen molar-refractivity contribution in [2.24, 2.45) is 5.92 Å². The van der Waals surface area contributed by atoms with E-state index in [4.69, 9.17) is 5.11 Å². The Morgan fingerprint density at radius 3 is 2.33 bits per heavy atom. The summed E-state index contributed by atoms with van der Waals surface area (Å²) in [6.45, 7) is 3.15. The maximum atomic E-state index is 12.7. The van der Waals surface area contributed by atoms with Crippen LogP contribution in [0.2, 0.25) is 0 Å². The molecule has 27 heavy (non-hydrogen) atoms. The summed E-state index contributed by atoms with van der Waals surface area (Å²) >= 11 is 0. The molecule has 2 rings (SSSR count). The van der Waals surface area contributed by atoms with E-state index in [9.17, 15) is 14.4 Å². The van der Waals surface area contributed by atoms with Gasteiger partial charge in [0.05, 0.1) is 11.5 Å². The van der Waals surface area contributed by atoms with Crippen LogP contribution in [0.5, 0.6) is 0 Å². The van der Waals surface area contributed by atoms with E-state index in [0.717, 1.165) is 5.56 Å². The Morgan fingerprint density at radius 2 is 1.74 bits per heavy atom. The van der Waals surface area contributed by atoms with Crippen molar-refractivity contribution in [2.45, 2.75) is 32.4 Å². The number of carbonyl (C=O) groups is 3. The Bertz CT molecular complexity index is 780. The molecule has 1 heterocycles. The predicted octanol–water partition coefficient (Wildman–Crippen LogP) is 1.65. The zero-order valence-corrected chi connectivity index (χ0v) is 15.3. The molecule has 2 amide bonds. The van der Waals surface area contributed by atoms with Crippen LogP contribution in [0.25, 0.3) is 0 Å². The van der Waals surface area contributed by atoms with Crippen LogP contribution in [0.3, 0.4) is 0 Å². The smallest absolute Gasteiger partial charge is 0.308 e. The first-order chi connectivity index (χ1) is 12.9. The van der Waals surface area contributed by atoms with Gasteiger partial charge in [0.1, 0.15) is 6.04 Å². The van der Waals surface area contributed by atoms with Gasteiger partial charge in [0.15, 0.2) is 0 Å². The summed E-state index contributed by atoms with van der Waals surface area (Å²) < 4.78 is 0. The predicted molar refractivity (Wildman–Crippen MR) is 100 cm³/mol. The number of hydrogen-bond donors (Lipinski definition) is 3. The summed E-state index contributed by atoms with van der Waals surface area (Å²) in [5.41, 5.74) is 1.22. The maximum Gasteiger partial charge on any atom is 0.308 e. The van der Waals surface area contributed by atoms with Crippen molar-refractivity contribution in [3.63, 3.8) is 0 Å². The highest BCUT2D eigenvalue weighted by Gasteiger charge is 2.26. The van der Waals surface area contributed by atoms with Gasteiger partial charge >= 0.3 is 5.97 Å². The number of aliphatic carboxylic acids is 1. The first-order valence-electron chi connectivity index (χ1n) is 8.66. The zero-order chi connectivity index (χ0) is 19.8. The van der Waals surface area contributed by atoms with Crippen LogP contribution in [0, 0.1) is 5.92 Å². The van der Waals surface area contributed by atoms with Gasteiger partial charge in [-0.3, -0.25) is 19.4 Å². The van der Waals surface area contributed by atoms with Crippen LogP contribution in [0.1, 0.15) is 29.8 Å². The van der Waals surface area contributed by atoms with E-state index >= 15 is 0 Å². The van der Waals surface area contributed by atoms with Crippen molar-refractivity contribution < 1.29 is 19.5 Å². The van der Waals surface area contributed by atoms with E-state index in [1.165, 1.54) is 13.1 Å². The minimum Gasteiger partial charge on any atom is -0.481 e. The van der Waals surface area contributed by atoms with Crippen LogP contribution in [-0.2, 0) is 16.0 Å². The Labute approximate surface area is 157 Å². The summed E-state index contributed by atoms with van der Waals surface area (Å²) in [6, 6.07) is 11.1. The van der Waals surface area contributed by atoms with Crippen LogP contribution in [0.4, 0.5) is 0 Å². The molecule has 3 atom stereocenters. The number of aromatic nitrogens is 1. The largest absolute Gasteiger partial charge is 0.481 e. The minimum atomic E-state index is -0.998. The topological polar surface area (TPSA) is 108 Å². The van der Waals surface area contributed by atoms with Crippen molar-refractivity contribution in [1.29, 1.82) is 0 Å². The molecule has 0 spiro atoms. The number of carbonyl (C=O) groups excluding carboxylic acids is 2. The Hall–Kier alpha value is -3.22. The zero-order valence-electron chi connectivity index (χ0n) is 15.3. The van der Waals surface area contributed by atoms with E-state index in [1.54, 1.807) is 25.3 Å². The van der Waals surface area contributed by atoms with Gasteiger partial charge in [0, 0.05) is 24.9 Å². The monoisotopic (exact) mass is 369 g/mol. The molecule has 3 N–H and O–H groups in total. The molecule has 7 nitrogen and oxygen atoms in total. The standard InChI is InChI=1S/C20H23N3O4/c1-13(20(26)27)14(2)22-19(25)17(11-15-7-4-3-5-8-15)23-18(24)16-9-6-10-21-12-16/h3-10,12-14,17H,11H2,1-2H3,(H,22,25)(H,23,24)(H,26,27). The molecule has 0 bridgehead atoms. The molecule has 0 aliphatic rings. The third-order valence-electron chi connectivity index (χ3n) is 4.34. The lowest BCUT2D eigenvalue weighted by atomic mass is 10.0. The van der Waals surface area contributed by atoms with Gasteiger partial charge in [-0.15, -0.1) is 0 Å². The quantitative estimate of drug-likeness (QED) is 0.656. The number of amides is 2. The lowest BCUT2D eigenvalue weighted by Crippen LogP contribution is -2.52. The number of carboxylic acids is 1. The van der Waals surface area contributed by atoms with Crippen molar-refractivity contribution >= 4 is 17.8 Å². The second-order valence-corrected chi connectivity index (χ2v) is 6.38. The number of benzene rings is 1. The average molecular weight is 369 g/mol. The summed E-state index contributed by atoms with van der Waals surface area (Å²) in [4.78, 5) is 40.2. The molecular weight excluding hydrogens is 346 g/mol. The van der Waals surface area contributed by atoms with Crippen molar-refractivity contribution in [2.75, 3.05) is 0 Å². The third kappa shape index (κ3) is 5.91. The minimum absolute atomic E-state index is 0.285. The molecule has 3 unspecified atom stereocenters. The van der Waals surface area contributed by atoms with Crippen LogP contribution in [-0.4, -0.2) is 40.0 Å². The number of carboxylic acid groups (broad SMARTS) is 1. The summed E-state index contributed by atoms with van der Waals surface area (Å²) in [6.07, 6.45) is 3.26. The highest BCUT2D eigenvalue weighted by atomic mass is 16.4. The second kappa shape index (κ2) is 9.47. The van der Waals surface area contributed by atoms with Crippen LogP contribution in [0.15, 0.2) is 54.9 Å². The van der Waals surface area contributed by atoms with E-state index in [-0.39, 0.29) is 6.42 Å². The first kappa shape index (κ1) is 20.1.